The van der Waals surface area contributed by atoms with Gasteiger partial charge < -0.3 is 15.6 Å². The van der Waals surface area contributed by atoms with Crippen LogP contribution >= 0.6 is 0 Å². The van der Waals surface area contributed by atoms with Crippen molar-refractivity contribution in [2.75, 3.05) is 13.2 Å². The van der Waals surface area contributed by atoms with Gasteiger partial charge in [-0.05, 0) is 49.3 Å². The minimum atomic E-state index is -0.502. The number of hydrogen-bond acceptors (Lipinski definition) is 3. The SMILES string of the molecule is CCC(C)(C)c1ccc(OCCCC(C)(N)CO)cc1. The van der Waals surface area contributed by atoms with Crippen molar-refractivity contribution in [3.05, 3.63) is 29.8 Å². The van der Waals surface area contributed by atoms with Crippen LogP contribution in [0.3, 0.4) is 0 Å². The first-order chi connectivity index (χ1) is 9.30. The summed E-state index contributed by atoms with van der Waals surface area (Å²) in [6.07, 6.45) is 2.71. The van der Waals surface area contributed by atoms with Crippen LogP contribution in [-0.2, 0) is 5.41 Å². The first kappa shape index (κ1) is 17.0. The van der Waals surface area contributed by atoms with Crippen LogP contribution in [0.25, 0.3) is 0 Å². The summed E-state index contributed by atoms with van der Waals surface area (Å²) in [4.78, 5) is 0. The maximum absolute atomic E-state index is 9.07. The molecular formula is C17H29NO2. The van der Waals surface area contributed by atoms with Crippen LogP contribution in [0.4, 0.5) is 0 Å². The Morgan fingerprint density at radius 3 is 2.25 bits per heavy atom. The highest BCUT2D eigenvalue weighted by atomic mass is 16.5. The summed E-state index contributed by atoms with van der Waals surface area (Å²) in [5, 5.41) is 9.07. The average Bonchev–Trinajstić information content (AvgIpc) is 2.44. The summed E-state index contributed by atoms with van der Waals surface area (Å²) >= 11 is 0. The van der Waals surface area contributed by atoms with Crippen molar-refractivity contribution in [2.24, 2.45) is 5.73 Å². The van der Waals surface area contributed by atoms with Gasteiger partial charge in [0.25, 0.3) is 0 Å². The van der Waals surface area contributed by atoms with E-state index >= 15 is 0 Å². The standard InChI is InChI=1S/C17H29NO2/c1-5-16(2,3)14-7-9-15(10-8-14)20-12-6-11-17(4,18)13-19/h7-10,19H,5-6,11-13,18H2,1-4H3. The van der Waals surface area contributed by atoms with Crippen molar-refractivity contribution >= 4 is 0 Å². The van der Waals surface area contributed by atoms with E-state index in [4.69, 9.17) is 15.6 Å². The summed E-state index contributed by atoms with van der Waals surface area (Å²) in [5.74, 6) is 0.892. The first-order valence-electron chi connectivity index (χ1n) is 7.44. The van der Waals surface area contributed by atoms with Gasteiger partial charge in [0.05, 0.1) is 13.2 Å². The van der Waals surface area contributed by atoms with Gasteiger partial charge in [0.2, 0.25) is 0 Å². The Morgan fingerprint density at radius 2 is 1.75 bits per heavy atom. The third kappa shape index (κ3) is 5.14. The average molecular weight is 279 g/mol. The highest BCUT2D eigenvalue weighted by Crippen LogP contribution is 2.28. The zero-order valence-corrected chi connectivity index (χ0v) is 13.3. The third-order valence-corrected chi connectivity index (χ3v) is 4.04. The van der Waals surface area contributed by atoms with Gasteiger partial charge in [-0.1, -0.05) is 32.9 Å². The van der Waals surface area contributed by atoms with Crippen LogP contribution in [0.2, 0.25) is 0 Å². The molecule has 0 spiro atoms. The Kier molecular flexibility index (Phi) is 6.03. The quantitative estimate of drug-likeness (QED) is 0.718. The van der Waals surface area contributed by atoms with Crippen LogP contribution < -0.4 is 10.5 Å². The normalized spacial score (nSPS) is 14.9. The Balaban J connectivity index is 2.43. The molecule has 1 aromatic rings. The molecule has 0 aromatic heterocycles. The predicted molar refractivity (Wildman–Crippen MR) is 84.2 cm³/mol. The maximum atomic E-state index is 9.07. The zero-order chi connectivity index (χ0) is 15.2. The molecule has 1 aromatic carbocycles. The van der Waals surface area contributed by atoms with Gasteiger partial charge in [-0.3, -0.25) is 0 Å². The van der Waals surface area contributed by atoms with Crippen molar-refractivity contribution in [2.45, 2.75) is 57.9 Å². The van der Waals surface area contributed by atoms with E-state index in [9.17, 15) is 0 Å². The van der Waals surface area contributed by atoms with E-state index in [1.54, 1.807) is 0 Å². The lowest BCUT2D eigenvalue weighted by molar-refractivity contribution is 0.188. The van der Waals surface area contributed by atoms with Gasteiger partial charge in [0, 0.05) is 5.54 Å². The molecule has 0 bridgehead atoms. The second-order valence-corrected chi connectivity index (χ2v) is 6.53. The molecule has 0 fully saturated rings. The highest BCUT2D eigenvalue weighted by Gasteiger charge is 2.18. The van der Waals surface area contributed by atoms with Crippen LogP contribution in [0.15, 0.2) is 24.3 Å². The Morgan fingerprint density at radius 1 is 1.15 bits per heavy atom. The third-order valence-electron chi connectivity index (χ3n) is 4.04. The van der Waals surface area contributed by atoms with E-state index in [0.29, 0.717) is 6.61 Å². The fourth-order valence-corrected chi connectivity index (χ4v) is 1.95. The second-order valence-electron chi connectivity index (χ2n) is 6.53. The molecular weight excluding hydrogens is 250 g/mol. The molecule has 0 heterocycles. The molecule has 0 saturated carbocycles. The summed E-state index contributed by atoms with van der Waals surface area (Å²) in [6.45, 7) is 9.20. The Bertz CT molecular complexity index is 396. The molecule has 0 radical (unpaired) electrons. The van der Waals surface area contributed by atoms with E-state index in [2.05, 4.69) is 32.9 Å². The lowest BCUT2D eigenvalue weighted by atomic mass is 9.82. The van der Waals surface area contributed by atoms with Crippen LogP contribution in [0, 0.1) is 0 Å². The summed E-state index contributed by atoms with van der Waals surface area (Å²) in [6, 6.07) is 8.33. The number of aliphatic hydroxyl groups excluding tert-OH is 1. The molecule has 1 atom stereocenters. The smallest absolute Gasteiger partial charge is 0.119 e. The Hall–Kier alpha value is -1.06. The number of rotatable bonds is 8. The second kappa shape index (κ2) is 7.09. The molecule has 0 aliphatic rings. The van der Waals surface area contributed by atoms with Gasteiger partial charge in [-0.2, -0.15) is 0 Å². The molecule has 3 nitrogen and oxygen atoms in total. The van der Waals surface area contributed by atoms with Crippen molar-refractivity contribution < 1.29 is 9.84 Å². The maximum Gasteiger partial charge on any atom is 0.119 e. The lowest BCUT2D eigenvalue weighted by Gasteiger charge is -2.23. The molecule has 20 heavy (non-hydrogen) atoms. The molecule has 0 aliphatic carbocycles. The first-order valence-corrected chi connectivity index (χ1v) is 7.44. The van der Waals surface area contributed by atoms with Gasteiger partial charge in [0.1, 0.15) is 5.75 Å². The fraction of sp³-hybridized carbons (Fsp3) is 0.647. The minimum Gasteiger partial charge on any atom is -0.494 e. The molecule has 0 aliphatic heterocycles. The summed E-state index contributed by atoms with van der Waals surface area (Å²) in [5.41, 5.74) is 6.92. The summed E-state index contributed by atoms with van der Waals surface area (Å²) < 4.78 is 5.71. The zero-order valence-electron chi connectivity index (χ0n) is 13.3. The number of benzene rings is 1. The largest absolute Gasteiger partial charge is 0.494 e. The monoisotopic (exact) mass is 279 g/mol. The molecule has 1 unspecified atom stereocenters. The predicted octanol–water partition coefficient (Wildman–Crippen LogP) is 3.24. The molecule has 0 amide bonds. The number of aliphatic hydroxyl groups is 1. The van der Waals surface area contributed by atoms with E-state index in [1.807, 2.05) is 19.1 Å². The van der Waals surface area contributed by atoms with Crippen LogP contribution in [-0.4, -0.2) is 23.9 Å². The number of ether oxygens (including phenoxy) is 1. The van der Waals surface area contributed by atoms with Crippen molar-refractivity contribution in [1.29, 1.82) is 0 Å². The van der Waals surface area contributed by atoms with Gasteiger partial charge in [-0.15, -0.1) is 0 Å². The van der Waals surface area contributed by atoms with E-state index in [1.165, 1.54) is 5.56 Å². The topological polar surface area (TPSA) is 55.5 Å². The fourth-order valence-electron chi connectivity index (χ4n) is 1.95. The van der Waals surface area contributed by atoms with Crippen molar-refractivity contribution in [1.82, 2.24) is 0 Å². The molecule has 114 valence electrons. The molecule has 3 N–H and O–H groups in total. The van der Waals surface area contributed by atoms with Crippen molar-refractivity contribution in [3.63, 3.8) is 0 Å². The minimum absolute atomic E-state index is 0.00774. The highest BCUT2D eigenvalue weighted by molar-refractivity contribution is 5.31. The summed E-state index contributed by atoms with van der Waals surface area (Å²) in [7, 11) is 0. The van der Waals surface area contributed by atoms with Crippen molar-refractivity contribution in [3.8, 4) is 5.75 Å². The Labute approximate surface area is 123 Å². The van der Waals surface area contributed by atoms with Crippen LogP contribution in [0.1, 0.15) is 52.5 Å². The molecule has 3 heteroatoms. The van der Waals surface area contributed by atoms with E-state index in [0.717, 1.165) is 25.0 Å². The van der Waals surface area contributed by atoms with Gasteiger partial charge in [0.15, 0.2) is 0 Å². The lowest BCUT2D eigenvalue weighted by Crippen LogP contribution is -2.40. The molecule has 0 saturated heterocycles. The van der Waals surface area contributed by atoms with Gasteiger partial charge >= 0.3 is 0 Å². The van der Waals surface area contributed by atoms with Gasteiger partial charge in [-0.25, -0.2) is 0 Å². The molecule has 1 rings (SSSR count). The van der Waals surface area contributed by atoms with E-state index < -0.39 is 5.54 Å². The van der Waals surface area contributed by atoms with Crippen LogP contribution in [0.5, 0.6) is 5.75 Å². The number of nitrogens with two attached hydrogens (primary N) is 1. The number of hydrogen-bond donors (Lipinski definition) is 2. The van der Waals surface area contributed by atoms with E-state index in [-0.39, 0.29) is 12.0 Å².